The van der Waals surface area contributed by atoms with Crippen molar-refractivity contribution in [1.82, 2.24) is 9.97 Å². The fraction of sp³-hybridized carbons (Fsp3) is 0. The van der Waals surface area contributed by atoms with Crippen LogP contribution in [0, 0.1) is 0 Å². The van der Waals surface area contributed by atoms with E-state index in [1.807, 2.05) is 18.3 Å². The van der Waals surface area contributed by atoms with Gasteiger partial charge in [-0.25, -0.2) is 4.98 Å². The molecular formula is C56H34N2. The number of rotatable bonds is 4. The van der Waals surface area contributed by atoms with Crippen LogP contribution in [0.25, 0.3) is 120 Å². The molecule has 0 aliphatic rings. The summed E-state index contributed by atoms with van der Waals surface area (Å²) in [4.78, 5) is 10.7. The number of hydrogen-bond acceptors (Lipinski definition) is 2. The summed E-state index contributed by atoms with van der Waals surface area (Å²) >= 11 is 0. The molecule has 0 N–H and O–H groups in total. The van der Waals surface area contributed by atoms with Crippen molar-refractivity contribution in [1.29, 1.82) is 0 Å². The fourth-order valence-corrected chi connectivity index (χ4v) is 9.56. The highest BCUT2D eigenvalue weighted by Gasteiger charge is 2.21. The van der Waals surface area contributed by atoms with E-state index in [0.717, 1.165) is 44.5 Å². The zero-order valence-corrected chi connectivity index (χ0v) is 31.5. The summed E-state index contributed by atoms with van der Waals surface area (Å²) in [6, 6.07) is 72.6. The summed E-state index contributed by atoms with van der Waals surface area (Å²) in [5, 5.41) is 17.3. The first kappa shape index (κ1) is 32.6. The molecule has 0 saturated carbocycles. The van der Waals surface area contributed by atoms with Gasteiger partial charge in [0.2, 0.25) is 0 Å². The smallest absolute Gasteiger partial charge is 0.0972 e. The molecule has 268 valence electrons. The van der Waals surface area contributed by atoms with Crippen molar-refractivity contribution in [3.63, 3.8) is 0 Å². The van der Waals surface area contributed by atoms with E-state index in [2.05, 4.69) is 188 Å². The molecule has 0 bridgehead atoms. The Morgan fingerprint density at radius 1 is 0.276 bits per heavy atom. The number of nitrogens with zero attached hydrogens (tertiary/aromatic N) is 2. The molecular weight excluding hydrogens is 701 g/mol. The third-order valence-corrected chi connectivity index (χ3v) is 12.0. The summed E-state index contributed by atoms with van der Waals surface area (Å²) in [5.41, 5.74) is 8.18. The summed E-state index contributed by atoms with van der Waals surface area (Å²) in [6.45, 7) is 0. The van der Waals surface area contributed by atoms with Crippen molar-refractivity contribution in [3.05, 3.63) is 206 Å². The van der Waals surface area contributed by atoms with Gasteiger partial charge in [-0.1, -0.05) is 188 Å². The van der Waals surface area contributed by atoms with E-state index in [1.165, 1.54) is 75.8 Å². The molecule has 11 aromatic carbocycles. The van der Waals surface area contributed by atoms with Crippen LogP contribution in [0.2, 0.25) is 0 Å². The van der Waals surface area contributed by atoms with Crippen LogP contribution in [0.3, 0.4) is 0 Å². The number of aromatic nitrogens is 2. The van der Waals surface area contributed by atoms with Crippen LogP contribution < -0.4 is 0 Å². The topological polar surface area (TPSA) is 25.8 Å². The predicted octanol–water partition coefficient (Wildman–Crippen LogP) is 15.2. The molecule has 0 radical (unpaired) electrons. The molecule has 0 aliphatic carbocycles. The second kappa shape index (κ2) is 12.9. The molecule has 12 aromatic rings. The molecule has 58 heavy (non-hydrogen) atoms. The number of hydrogen-bond donors (Lipinski definition) is 0. The van der Waals surface area contributed by atoms with Gasteiger partial charge >= 0.3 is 0 Å². The molecule has 2 heteroatoms. The van der Waals surface area contributed by atoms with Crippen LogP contribution in [0.15, 0.2) is 206 Å². The minimum absolute atomic E-state index is 0.852. The highest BCUT2D eigenvalue weighted by molar-refractivity contribution is 6.34. The van der Waals surface area contributed by atoms with Gasteiger partial charge < -0.3 is 0 Å². The maximum absolute atomic E-state index is 5.50. The van der Waals surface area contributed by atoms with Gasteiger partial charge in [0.25, 0.3) is 0 Å². The minimum Gasteiger partial charge on any atom is -0.252 e. The van der Waals surface area contributed by atoms with Gasteiger partial charge in [0.15, 0.2) is 0 Å². The molecule has 0 amide bonds. The lowest BCUT2D eigenvalue weighted by molar-refractivity contribution is 1.22. The minimum atomic E-state index is 0.852. The Bertz CT molecular complexity index is 3550. The molecule has 1 aromatic heterocycles. The highest BCUT2D eigenvalue weighted by atomic mass is 14.8. The Labute approximate surface area is 335 Å². The Morgan fingerprint density at radius 2 is 0.724 bits per heavy atom. The second-order valence-corrected chi connectivity index (χ2v) is 15.2. The lowest BCUT2D eigenvalue weighted by atomic mass is 9.84. The summed E-state index contributed by atoms with van der Waals surface area (Å²) < 4.78 is 0. The normalized spacial score (nSPS) is 11.8. The Morgan fingerprint density at radius 3 is 1.33 bits per heavy atom. The third kappa shape index (κ3) is 4.92. The van der Waals surface area contributed by atoms with E-state index in [4.69, 9.17) is 9.97 Å². The van der Waals surface area contributed by atoms with E-state index in [0.29, 0.717) is 0 Å². The van der Waals surface area contributed by atoms with Gasteiger partial charge in [-0.05, 0) is 98.7 Å². The number of fused-ring (bicyclic) bond motifs is 7. The van der Waals surface area contributed by atoms with Gasteiger partial charge in [0.1, 0.15) is 0 Å². The summed E-state index contributed by atoms with van der Waals surface area (Å²) in [6.07, 6.45) is 1.97. The zero-order chi connectivity index (χ0) is 38.2. The monoisotopic (exact) mass is 734 g/mol. The van der Waals surface area contributed by atoms with Gasteiger partial charge in [-0.3, -0.25) is 4.98 Å². The molecule has 0 atom stereocenters. The molecule has 2 nitrogen and oxygen atoms in total. The third-order valence-electron chi connectivity index (χ3n) is 12.0. The van der Waals surface area contributed by atoms with Crippen molar-refractivity contribution in [3.8, 4) is 44.9 Å². The molecule has 1 heterocycles. The van der Waals surface area contributed by atoms with Crippen molar-refractivity contribution in [2.75, 3.05) is 0 Å². The average molecular weight is 735 g/mol. The molecule has 0 spiro atoms. The van der Waals surface area contributed by atoms with Crippen molar-refractivity contribution in [2.24, 2.45) is 0 Å². The van der Waals surface area contributed by atoms with Crippen molar-refractivity contribution >= 4 is 75.4 Å². The van der Waals surface area contributed by atoms with Crippen LogP contribution in [-0.2, 0) is 0 Å². The van der Waals surface area contributed by atoms with Crippen LogP contribution in [0.5, 0.6) is 0 Å². The first-order chi connectivity index (χ1) is 28.8. The molecule has 0 unspecified atom stereocenters. The van der Waals surface area contributed by atoms with Gasteiger partial charge in [0, 0.05) is 16.7 Å². The van der Waals surface area contributed by atoms with Crippen LogP contribution in [-0.4, -0.2) is 9.97 Å². The van der Waals surface area contributed by atoms with Crippen LogP contribution >= 0.6 is 0 Å². The second-order valence-electron chi connectivity index (χ2n) is 15.2. The standard InChI is InChI=1S/C56H34N2/c1-3-16-36(17-4-1)55-56(37-18-5-2-6-19-37)58-50(34-57-55)54-47-27-13-11-25-45(47)51(46-26-12-14-28-48(46)54)39-32-38-31-30-35-20-15-29-44-42-23-9-7-21-40(42)41-22-8-10-24-43(41)49(33-39)53(38)52(35)44/h1-34H. The SMILES string of the molecule is c1ccc(-c2ncc(-c3c4ccccc4c(-c4cc5ccc6cccc7c8ccccc8c8ccccc8c(c4)c5c67)c4ccccc34)nc2-c2ccccc2)cc1. The molecule has 0 saturated heterocycles. The lowest BCUT2D eigenvalue weighted by Crippen LogP contribution is -1.98. The zero-order valence-electron chi connectivity index (χ0n) is 31.5. The fourth-order valence-electron chi connectivity index (χ4n) is 9.56. The van der Waals surface area contributed by atoms with Gasteiger partial charge in [-0.2, -0.15) is 0 Å². The Balaban J connectivity index is 1.20. The summed E-state index contributed by atoms with van der Waals surface area (Å²) in [7, 11) is 0. The van der Waals surface area contributed by atoms with E-state index >= 15 is 0 Å². The highest BCUT2D eigenvalue weighted by Crippen LogP contribution is 2.47. The molecule has 0 fully saturated rings. The van der Waals surface area contributed by atoms with E-state index in [9.17, 15) is 0 Å². The van der Waals surface area contributed by atoms with Crippen LogP contribution in [0.4, 0.5) is 0 Å². The first-order valence-electron chi connectivity index (χ1n) is 19.9. The van der Waals surface area contributed by atoms with Crippen molar-refractivity contribution in [2.45, 2.75) is 0 Å². The van der Waals surface area contributed by atoms with Crippen LogP contribution in [0.1, 0.15) is 0 Å². The predicted molar refractivity (Wildman–Crippen MR) is 246 cm³/mol. The van der Waals surface area contributed by atoms with Crippen molar-refractivity contribution < 1.29 is 0 Å². The Hall–Kier alpha value is -7.68. The quantitative estimate of drug-likeness (QED) is 0.133. The average Bonchev–Trinajstić information content (AvgIpc) is 3.30. The van der Waals surface area contributed by atoms with E-state index in [-0.39, 0.29) is 0 Å². The maximum atomic E-state index is 5.50. The maximum Gasteiger partial charge on any atom is 0.0972 e. The lowest BCUT2D eigenvalue weighted by Gasteiger charge is -2.19. The molecule has 0 aliphatic heterocycles. The summed E-state index contributed by atoms with van der Waals surface area (Å²) in [5.74, 6) is 0. The van der Waals surface area contributed by atoms with Gasteiger partial charge in [0.05, 0.1) is 23.3 Å². The van der Waals surface area contributed by atoms with Gasteiger partial charge in [-0.15, -0.1) is 0 Å². The Kier molecular flexibility index (Phi) is 7.26. The first-order valence-corrected chi connectivity index (χ1v) is 19.9. The molecule has 12 rings (SSSR count). The van der Waals surface area contributed by atoms with E-state index < -0.39 is 0 Å². The number of benzene rings is 10. The van der Waals surface area contributed by atoms with E-state index in [1.54, 1.807) is 0 Å². The largest absolute Gasteiger partial charge is 0.252 e.